The quantitative estimate of drug-likeness (QED) is 0.784. The summed E-state index contributed by atoms with van der Waals surface area (Å²) in [5.74, 6) is 0.476. The van der Waals surface area contributed by atoms with Gasteiger partial charge in [0.2, 0.25) is 11.8 Å². The number of carbonyl (C=O) groups is 2. The summed E-state index contributed by atoms with van der Waals surface area (Å²) in [7, 11) is 0. The highest BCUT2D eigenvalue weighted by Crippen LogP contribution is 2.23. The molecule has 154 valence electrons. The van der Waals surface area contributed by atoms with Crippen LogP contribution in [0.1, 0.15) is 57.4 Å². The molecular formula is C23H35N3O2. The number of carbonyl (C=O) groups excluding carboxylic acids is 2. The van der Waals surface area contributed by atoms with Crippen LogP contribution in [0.3, 0.4) is 0 Å². The number of amides is 2. The lowest BCUT2D eigenvalue weighted by Gasteiger charge is -2.36. The molecule has 0 unspecified atom stereocenters. The smallest absolute Gasteiger partial charge is 0.236 e. The molecule has 1 aromatic rings. The minimum atomic E-state index is 0.0655. The van der Waals surface area contributed by atoms with E-state index in [2.05, 4.69) is 22.0 Å². The van der Waals surface area contributed by atoms with Gasteiger partial charge >= 0.3 is 0 Å². The number of hydrogen-bond acceptors (Lipinski definition) is 3. The molecule has 3 rings (SSSR count). The molecule has 0 spiro atoms. The number of piperidine rings is 1. The summed E-state index contributed by atoms with van der Waals surface area (Å²) in [4.78, 5) is 29.6. The van der Waals surface area contributed by atoms with Crippen molar-refractivity contribution in [2.45, 2.75) is 64.5 Å². The highest BCUT2D eigenvalue weighted by atomic mass is 16.2. The number of nitrogens with one attached hydrogen (secondary N) is 1. The minimum Gasteiger partial charge on any atom is -0.352 e. The van der Waals surface area contributed by atoms with Crippen molar-refractivity contribution < 1.29 is 9.59 Å². The first kappa shape index (κ1) is 20.8. The third kappa shape index (κ3) is 5.81. The summed E-state index contributed by atoms with van der Waals surface area (Å²) in [6, 6.07) is 10.5. The van der Waals surface area contributed by atoms with Crippen LogP contribution in [0.2, 0.25) is 0 Å². The molecule has 2 fully saturated rings. The van der Waals surface area contributed by atoms with Crippen molar-refractivity contribution in [1.82, 2.24) is 15.1 Å². The molecular weight excluding hydrogens is 350 g/mol. The molecule has 2 aliphatic rings. The first-order valence-corrected chi connectivity index (χ1v) is 11.0. The van der Waals surface area contributed by atoms with Gasteiger partial charge in [-0.25, -0.2) is 0 Å². The van der Waals surface area contributed by atoms with Crippen molar-refractivity contribution in [3.05, 3.63) is 35.9 Å². The van der Waals surface area contributed by atoms with Crippen molar-refractivity contribution in [2.75, 3.05) is 26.2 Å². The van der Waals surface area contributed by atoms with E-state index in [1.54, 1.807) is 0 Å². The van der Waals surface area contributed by atoms with Gasteiger partial charge in [-0.2, -0.15) is 0 Å². The molecule has 1 saturated heterocycles. The van der Waals surface area contributed by atoms with Crippen LogP contribution in [-0.4, -0.2) is 53.8 Å². The monoisotopic (exact) mass is 385 g/mol. The van der Waals surface area contributed by atoms with Gasteiger partial charge in [-0.3, -0.25) is 14.5 Å². The zero-order valence-electron chi connectivity index (χ0n) is 17.2. The average molecular weight is 386 g/mol. The fourth-order valence-corrected chi connectivity index (χ4v) is 4.60. The molecule has 1 saturated carbocycles. The first-order valence-electron chi connectivity index (χ1n) is 11.0. The maximum atomic E-state index is 12.8. The summed E-state index contributed by atoms with van der Waals surface area (Å²) in [5, 5.41) is 3.06. The van der Waals surface area contributed by atoms with Gasteiger partial charge in [-0.1, -0.05) is 49.6 Å². The van der Waals surface area contributed by atoms with E-state index in [4.69, 9.17) is 0 Å². The lowest BCUT2D eigenvalue weighted by Crippen LogP contribution is -2.48. The number of benzene rings is 1. The summed E-state index contributed by atoms with van der Waals surface area (Å²) >= 11 is 0. The van der Waals surface area contributed by atoms with E-state index in [-0.39, 0.29) is 17.7 Å². The Kier molecular flexibility index (Phi) is 7.90. The van der Waals surface area contributed by atoms with Crippen LogP contribution in [0.5, 0.6) is 0 Å². The second kappa shape index (κ2) is 10.6. The fraction of sp³-hybridized carbons (Fsp3) is 0.652. The molecule has 28 heavy (non-hydrogen) atoms. The van der Waals surface area contributed by atoms with E-state index >= 15 is 0 Å². The molecule has 1 aliphatic carbocycles. The predicted molar refractivity (Wildman–Crippen MR) is 112 cm³/mol. The third-order valence-electron chi connectivity index (χ3n) is 6.30. The Labute approximate surface area is 169 Å². The fourth-order valence-electron chi connectivity index (χ4n) is 4.60. The van der Waals surface area contributed by atoms with E-state index < -0.39 is 0 Å². The van der Waals surface area contributed by atoms with Gasteiger partial charge in [0.1, 0.15) is 0 Å². The largest absolute Gasteiger partial charge is 0.352 e. The van der Waals surface area contributed by atoms with Crippen LogP contribution < -0.4 is 5.32 Å². The number of likely N-dealkylation sites (N-methyl/N-ethyl adjacent to an activating group) is 1. The number of nitrogens with zero attached hydrogens (tertiary/aromatic N) is 2. The predicted octanol–water partition coefficient (Wildman–Crippen LogP) is 3.20. The molecule has 5 nitrogen and oxygen atoms in total. The Morgan fingerprint density at radius 3 is 2.36 bits per heavy atom. The number of rotatable bonds is 7. The van der Waals surface area contributed by atoms with Gasteiger partial charge in [-0.15, -0.1) is 0 Å². The standard InChI is InChI=1S/C23H35N3O2/c1-2-26(21-11-7-4-8-12-21)22(27)18-25-15-13-20(14-16-25)23(28)24-17-19-9-5-3-6-10-19/h3,5-6,9-10,20-21H,2,4,7-8,11-18H2,1H3,(H,24,28). The molecule has 1 heterocycles. The van der Waals surface area contributed by atoms with Crippen molar-refractivity contribution in [2.24, 2.45) is 5.92 Å². The van der Waals surface area contributed by atoms with Crippen LogP contribution in [0.25, 0.3) is 0 Å². The maximum absolute atomic E-state index is 12.8. The molecule has 5 heteroatoms. The summed E-state index contributed by atoms with van der Waals surface area (Å²) in [6.07, 6.45) is 7.79. The van der Waals surface area contributed by atoms with E-state index in [0.717, 1.165) is 50.9 Å². The molecule has 1 aliphatic heterocycles. The Morgan fingerprint density at radius 1 is 1.04 bits per heavy atom. The maximum Gasteiger partial charge on any atom is 0.236 e. The van der Waals surface area contributed by atoms with Gasteiger partial charge in [0.05, 0.1) is 6.54 Å². The van der Waals surface area contributed by atoms with Crippen LogP contribution in [0.15, 0.2) is 30.3 Å². The first-order chi connectivity index (χ1) is 13.7. The Bertz CT molecular complexity index is 620. The minimum absolute atomic E-state index is 0.0655. The molecule has 2 amide bonds. The van der Waals surface area contributed by atoms with Gasteiger partial charge in [-0.05, 0) is 51.3 Å². The van der Waals surface area contributed by atoms with Crippen molar-refractivity contribution >= 4 is 11.8 Å². The van der Waals surface area contributed by atoms with Crippen molar-refractivity contribution in [3.63, 3.8) is 0 Å². The number of likely N-dealkylation sites (tertiary alicyclic amines) is 1. The Morgan fingerprint density at radius 2 is 1.71 bits per heavy atom. The summed E-state index contributed by atoms with van der Waals surface area (Å²) in [6.45, 7) is 5.65. The molecule has 0 atom stereocenters. The third-order valence-corrected chi connectivity index (χ3v) is 6.30. The second-order valence-corrected chi connectivity index (χ2v) is 8.23. The topological polar surface area (TPSA) is 52.7 Å². The van der Waals surface area contributed by atoms with Crippen LogP contribution in [-0.2, 0) is 16.1 Å². The SMILES string of the molecule is CCN(C(=O)CN1CCC(C(=O)NCc2ccccc2)CC1)C1CCCCC1. The molecule has 0 aromatic heterocycles. The Hall–Kier alpha value is -1.88. The van der Waals surface area contributed by atoms with Crippen LogP contribution >= 0.6 is 0 Å². The lowest BCUT2D eigenvalue weighted by molar-refractivity contribution is -0.135. The number of hydrogen-bond donors (Lipinski definition) is 1. The highest BCUT2D eigenvalue weighted by molar-refractivity contribution is 5.79. The molecule has 1 N–H and O–H groups in total. The summed E-state index contributed by atoms with van der Waals surface area (Å²) < 4.78 is 0. The Balaban J connectivity index is 1.40. The zero-order valence-corrected chi connectivity index (χ0v) is 17.2. The van der Waals surface area contributed by atoms with E-state index in [9.17, 15) is 9.59 Å². The zero-order chi connectivity index (χ0) is 19.8. The van der Waals surface area contributed by atoms with Gasteiger partial charge in [0, 0.05) is 25.0 Å². The normalized spacial score (nSPS) is 19.3. The van der Waals surface area contributed by atoms with Gasteiger partial charge < -0.3 is 10.2 Å². The van der Waals surface area contributed by atoms with E-state index in [0.29, 0.717) is 19.1 Å². The average Bonchev–Trinajstić information content (AvgIpc) is 2.74. The summed E-state index contributed by atoms with van der Waals surface area (Å²) in [5.41, 5.74) is 1.13. The highest BCUT2D eigenvalue weighted by Gasteiger charge is 2.29. The van der Waals surface area contributed by atoms with E-state index in [1.165, 1.54) is 19.3 Å². The van der Waals surface area contributed by atoms with Crippen molar-refractivity contribution in [1.29, 1.82) is 0 Å². The van der Waals surface area contributed by atoms with Gasteiger partial charge in [0.25, 0.3) is 0 Å². The van der Waals surface area contributed by atoms with Crippen LogP contribution in [0, 0.1) is 5.92 Å². The van der Waals surface area contributed by atoms with E-state index in [1.807, 2.05) is 30.3 Å². The van der Waals surface area contributed by atoms with Crippen molar-refractivity contribution in [3.8, 4) is 0 Å². The van der Waals surface area contributed by atoms with Crippen LogP contribution in [0.4, 0.5) is 0 Å². The molecule has 0 radical (unpaired) electrons. The lowest BCUT2D eigenvalue weighted by atomic mass is 9.94. The molecule has 1 aromatic carbocycles. The molecule has 0 bridgehead atoms. The second-order valence-electron chi connectivity index (χ2n) is 8.23. The van der Waals surface area contributed by atoms with Gasteiger partial charge in [0.15, 0.2) is 0 Å².